The lowest BCUT2D eigenvalue weighted by atomic mass is 10.2. The summed E-state index contributed by atoms with van der Waals surface area (Å²) in [6.07, 6.45) is 6.87. The van der Waals surface area contributed by atoms with Gasteiger partial charge in [-0.05, 0) is 12.8 Å². The van der Waals surface area contributed by atoms with Crippen molar-refractivity contribution < 1.29 is 22.1 Å². The minimum absolute atomic E-state index is 0. The van der Waals surface area contributed by atoms with Gasteiger partial charge in [0.15, 0.2) is 0 Å². The molecule has 0 aliphatic carbocycles. The number of aliphatic hydroxyl groups excluding tert-OH is 1. The van der Waals surface area contributed by atoms with Crippen LogP contribution in [0, 0.1) is 0 Å². The number of rotatable bonds is 4. The second kappa shape index (κ2) is 6.03. The monoisotopic (exact) mass is 190 g/mol. The number of halogens is 1. The van der Waals surface area contributed by atoms with Crippen molar-refractivity contribution in [1.29, 1.82) is 0 Å². The van der Waals surface area contributed by atoms with Gasteiger partial charge in [-0.25, -0.2) is 9.55 Å². The predicted molar refractivity (Wildman–Crippen MR) is 42.0 cm³/mol. The highest BCUT2D eigenvalue weighted by Crippen LogP contribution is 1.95. The number of aromatic amines is 1. The van der Waals surface area contributed by atoms with Gasteiger partial charge in [-0.3, -0.25) is 0 Å². The molecule has 0 aromatic carbocycles. The lowest BCUT2D eigenvalue weighted by Crippen LogP contribution is -3.00. The summed E-state index contributed by atoms with van der Waals surface area (Å²) >= 11 is 0. The maximum atomic E-state index is 8.55. The Kier molecular flexibility index (Phi) is 5.76. The Hall–Kier alpha value is -0.540. The number of unbranched alkanes of at least 4 members (excludes halogenated alkanes) is 1. The molecule has 2 N–H and O–H groups in total. The van der Waals surface area contributed by atoms with E-state index in [9.17, 15) is 0 Å². The second-order valence-corrected chi connectivity index (χ2v) is 2.70. The molecule has 0 aliphatic heterocycles. The zero-order valence-electron chi connectivity index (χ0n) is 7.26. The van der Waals surface area contributed by atoms with Crippen molar-refractivity contribution in [2.24, 2.45) is 7.05 Å². The third-order valence-corrected chi connectivity index (χ3v) is 1.80. The van der Waals surface area contributed by atoms with Gasteiger partial charge in [0, 0.05) is 13.0 Å². The van der Waals surface area contributed by atoms with Crippen LogP contribution in [-0.4, -0.2) is 16.7 Å². The van der Waals surface area contributed by atoms with Gasteiger partial charge in [0.1, 0.15) is 12.4 Å². The molecule has 0 radical (unpaired) electrons. The Balaban J connectivity index is 0.00000121. The van der Waals surface area contributed by atoms with E-state index >= 15 is 0 Å². The number of aliphatic hydroxyl groups is 1. The van der Waals surface area contributed by atoms with Gasteiger partial charge in [0.25, 0.3) is 5.82 Å². The highest BCUT2D eigenvalue weighted by Gasteiger charge is 2.04. The minimum atomic E-state index is 0. The lowest BCUT2D eigenvalue weighted by molar-refractivity contribution is -0.677. The van der Waals surface area contributed by atoms with Crippen LogP contribution in [-0.2, 0) is 13.5 Å². The van der Waals surface area contributed by atoms with E-state index in [0.717, 1.165) is 19.3 Å². The zero-order chi connectivity index (χ0) is 8.10. The summed E-state index contributed by atoms with van der Waals surface area (Å²) < 4.78 is 2.07. The molecule has 1 heterocycles. The standard InChI is InChI=1S/C8H14N2O.ClH/c1-10-6-5-9-8(10)4-2-3-7-11;/h5-6,11H,2-4,7H2,1H3;1H. The number of hydrogen-bond donors (Lipinski definition) is 2. The topological polar surface area (TPSA) is 39.9 Å². The minimum Gasteiger partial charge on any atom is -1.00 e. The van der Waals surface area contributed by atoms with Crippen molar-refractivity contribution in [3.8, 4) is 0 Å². The first-order valence-corrected chi connectivity index (χ1v) is 3.97. The van der Waals surface area contributed by atoms with Crippen LogP contribution in [0.3, 0.4) is 0 Å². The Morgan fingerprint density at radius 1 is 1.50 bits per heavy atom. The molecule has 0 spiro atoms. The van der Waals surface area contributed by atoms with E-state index in [1.54, 1.807) is 0 Å². The number of nitrogens with zero attached hydrogens (tertiary/aromatic N) is 1. The van der Waals surface area contributed by atoms with E-state index in [0.29, 0.717) is 6.61 Å². The first kappa shape index (κ1) is 11.5. The van der Waals surface area contributed by atoms with Gasteiger partial charge in [-0.2, -0.15) is 0 Å². The summed E-state index contributed by atoms with van der Waals surface area (Å²) in [5.41, 5.74) is 0. The summed E-state index contributed by atoms with van der Waals surface area (Å²) in [4.78, 5) is 3.15. The molecule has 0 atom stereocenters. The molecule has 1 aromatic heterocycles. The first-order valence-electron chi connectivity index (χ1n) is 3.97. The fourth-order valence-corrected chi connectivity index (χ4v) is 1.09. The highest BCUT2D eigenvalue weighted by atomic mass is 35.5. The van der Waals surface area contributed by atoms with Crippen LogP contribution in [0.1, 0.15) is 18.7 Å². The van der Waals surface area contributed by atoms with Crippen molar-refractivity contribution in [3.05, 3.63) is 18.2 Å². The molecule has 3 nitrogen and oxygen atoms in total. The zero-order valence-corrected chi connectivity index (χ0v) is 8.01. The van der Waals surface area contributed by atoms with Crippen molar-refractivity contribution in [1.82, 2.24) is 4.98 Å². The van der Waals surface area contributed by atoms with Crippen molar-refractivity contribution in [2.75, 3.05) is 6.61 Å². The molecule has 0 unspecified atom stereocenters. The number of H-pyrrole nitrogens is 1. The number of aromatic nitrogens is 2. The molecule has 0 fully saturated rings. The quantitative estimate of drug-likeness (QED) is 0.390. The molecule has 0 aliphatic rings. The van der Waals surface area contributed by atoms with Gasteiger partial charge >= 0.3 is 0 Å². The van der Waals surface area contributed by atoms with E-state index in [4.69, 9.17) is 5.11 Å². The largest absolute Gasteiger partial charge is 1.00 e. The SMILES string of the molecule is C[n+]1cc[nH]c1CCCCO.[Cl-]. The number of aryl methyl sites for hydroxylation is 2. The van der Waals surface area contributed by atoms with Crippen LogP contribution < -0.4 is 17.0 Å². The third-order valence-electron chi connectivity index (χ3n) is 1.80. The fourth-order valence-electron chi connectivity index (χ4n) is 1.09. The molecule has 1 rings (SSSR count). The van der Waals surface area contributed by atoms with Crippen molar-refractivity contribution in [2.45, 2.75) is 19.3 Å². The molecule has 0 saturated heterocycles. The van der Waals surface area contributed by atoms with Gasteiger partial charge < -0.3 is 17.5 Å². The van der Waals surface area contributed by atoms with Crippen LogP contribution in [0.25, 0.3) is 0 Å². The molecular formula is C8H15ClN2O. The molecule has 0 amide bonds. The molecule has 4 heteroatoms. The number of imidazole rings is 1. The van der Waals surface area contributed by atoms with E-state index in [1.165, 1.54) is 5.82 Å². The third kappa shape index (κ3) is 3.24. The van der Waals surface area contributed by atoms with E-state index < -0.39 is 0 Å². The Bertz CT molecular complexity index is 213. The number of hydrogen-bond acceptors (Lipinski definition) is 1. The second-order valence-electron chi connectivity index (χ2n) is 2.70. The first-order chi connectivity index (χ1) is 5.34. The van der Waals surface area contributed by atoms with Crippen LogP contribution in [0.15, 0.2) is 12.4 Å². The normalized spacial score (nSPS) is 9.50. The Labute approximate surface area is 78.8 Å². The smallest absolute Gasteiger partial charge is 0.253 e. The van der Waals surface area contributed by atoms with Crippen LogP contribution >= 0.6 is 0 Å². The predicted octanol–water partition coefficient (Wildman–Crippen LogP) is -2.84. The van der Waals surface area contributed by atoms with Crippen LogP contribution in [0.4, 0.5) is 0 Å². The molecule has 12 heavy (non-hydrogen) atoms. The maximum absolute atomic E-state index is 8.55. The molecule has 1 aromatic rings. The van der Waals surface area contributed by atoms with Crippen molar-refractivity contribution >= 4 is 0 Å². The lowest BCUT2D eigenvalue weighted by Gasteiger charge is -1.93. The molecule has 0 bridgehead atoms. The van der Waals surface area contributed by atoms with Gasteiger partial charge in [0.05, 0.1) is 7.05 Å². The molecule has 0 saturated carbocycles. The summed E-state index contributed by atoms with van der Waals surface area (Å²) in [6, 6.07) is 0. The summed E-state index contributed by atoms with van der Waals surface area (Å²) in [7, 11) is 2.02. The Morgan fingerprint density at radius 2 is 2.25 bits per heavy atom. The summed E-state index contributed by atoms with van der Waals surface area (Å²) in [6.45, 7) is 0.296. The van der Waals surface area contributed by atoms with Gasteiger partial charge in [0.2, 0.25) is 0 Å². The number of nitrogens with one attached hydrogen (secondary N) is 1. The summed E-state index contributed by atoms with van der Waals surface area (Å²) in [5, 5.41) is 8.55. The molecule has 70 valence electrons. The fraction of sp³-hybridized carbons (Fsp3) is 0.625. The van der Waals surface area contributed by atoms with Crippen LogP contribution in [0.5, 0.6) is 0 Å². The van der Waals surface area contributed by atoms with E-state index in [-0.39, 0.29) is 12.4 Å². The summed E-state index contributed by atoms with van der Waals surface area (Å²) in [5.74, 6) is 1.22. The maximum Gasteiger partial charge on any atom is 0.253 e. The highest BCUT2D eigenvalue weighted by molar-refractivity contribution is 4.76. The van der Waals surface area contributed by atoms with Crippen molar-refractivity contribution in [3.63, 3.8) is 0 Å². The van der Waals surface area contributed by atoms with E-state index in [2.05, 4.69) is 9.55 Å². The Morgan fingerprint density at radius 3 is 2.75 bits per heavy atom. The van der Waals surface area contributed by atoms with E-state index in [1.807, 2.05) is 19.4 Å². The average Bonchev–Trinajstić information content (AvgIpc) is 2.37. The van der Waals surface area contributed by atoms with Gasteiger partial charge in [-0.15, -0.1) is 0 Å². The molecular weight excluding hydrogens is 176 g/mol. The average molecular weight is 191 g/mol. The van der Waals surface area contributed by atoms with Crippen LogP contribution in [0.2, 0.25) is 0 Å². The van der Waals surface area contributed by atoms with Gasteiger partial charge in [-0.1, -0.05) is 0 Å².